The van der Waals surface area contributed by atoms with Gasteiger partial charge in [0.25, 0.3) is 0 Å². The highest BCUT2D eigenvalue weighted by atomic mass is 32.2. The van der Waals surface area contributed by atoms with Crippen molar-refractivity contribution in [1.29, 1.82) is 0 Å². The van der Waals surface area contributed by atoms with Crippen molar-refractivity contribution in [1.82, 2.24) is 29.9 Å². The minimum absolute atomic E-state index is 0.170. The van der Waals surface area contributed by atoms with Crippen LogP contribution in [-0.2, 0) is 5.41 Å². The molecule has 1 aliphatic rings. The van der Waals surface area contributed by atoms with E-state index in [0.717, 1.165) is 44.5 Å². The molecule has 0 radical (unpaired) electrons. The molecular formula is C51H36N6S. The van der Waals surface area contributed by atoms with E-state index < -0.39 is 0 Å². The minimum atomic E-state index is -0.170. The molecule has 2 aromatic heterocycles. The second-order valence-corrected chi connectivity index (χ2v) is 15.8. The first-order valence-corrected chi connectivity index (χ1v) is 20.1. The average molecular weight is 765 g/mol. The zero-order valence-corrected chi connectivity index (χ0v) is 32.7. The van der Waals surface area contributed by atoms with Crippen LogP contribution in [0.15, 0.2) is 192 Å². The van der Waals surface area contributed by atoms with Crippen molar-refractivity contribution < 1.29 is 0 Å². The maximum absolute atomic E-state index is 5.18. The summed E-state index contributed by atoms with van der Waals surface area (Å²) in [5.41, 5.74) is 10.2. The van der Waals surface area contributed by atoms with Crippen LogP contribution in [0.25, 0.3) is 79.5 Å². The maximum Gasteiger partial charge on any atom is 0.165 e. The molecule has 0 spiro atoms. The first-order chi connectivity index (χ1) is 28.5. The lowest BCUT2D eigenvalue weighted by Crippen LogP contribution is -2.24. The van der Waals surface area contributed by atoms with Gasteiger partial charge < -0.3 is 0 Å². The predicted molar refractivity (Wildman–Crippen MR) is 234 cm³/mol. The number of hydrogen-bond acceptors (Lipinski definition) is 7. The molecule has 6 nitrogen and oxygen atoms in total. The third kappa shape index (κ3) is 6.65. The summed E-state index contributed by atoms with van der Waals surface area (Å²) in [4.78, 5) is 32.6. The van der Waals surface area contributed by atoms with E-state index in [0.29, 0.717) is 34.9 Å². The largest absolute Gasteiger partial charge is 0.208 e. The molecule has 0 saturated carbocycles. The van der Waals surface area contributed by atoms with Crippen LogP contribution in [0.3, 0.4) is 0 Å². The zero-order valence-electron chi connectivity index (χ0n) is 31.9. The minimum Gasteiger partial charge on any atom is -0.208 e. The summed E-state index contributed by atoms with van der Waals surface area (Å²) in [5.74, 6) is 3.79. The number of fused-ring (bicyclic) bond motifs is 2. The Balaban J connectivity index is 1.03. The van der Waals surface area contributed by atoms with E-state index in [2.05, 4.69) is 105 Å². The Morgan fingerprint density at radius 3 is 1.29 bits per heavy atom. The van der Waals surface area contributed by atoms with E-state index in [4.69, 9.17) is 29.9 Å². The third-order valence-corrected chi connectivity index (χ3v) is 11.9. The second kappa shape index (κ2) is 14.8. The van der Waals surface area contributed by atoms with Crippen molar-refractivity contribution in [2.45, 2.75) is 29.1 Å². The molecule has 10 rings (SSSR count). The summed E-state index contributed by atoms with van der Waals surface area (Å²) >= 11 is 1.79. The van der Waals surface area contributed by atoms with Crippen LogP contribution in [0.4, 0.5) is 0 Å². The van der Waals surface area contributed by atoms with Crippen LogP contribution in [0, 0.1) is 0 Å². The van der Waals surface area contributed by atoms with Gasteiger partial charge in [0, 0.05) is 48.6 Å². The number of rotatable bonds is 7. The van der Waals surface area contributed by atoms with Crippen LogP contribution >= 0.6 is 11.8 Å². The zero-order chi connectivity index (χ0) is 39.1. The molecule has 0 saturated heterocycles. The smallest absolute Gasteiger partial charge is 0.165 e. The molecule has 7 heteroatoms. The fourth-order valence-electron chi connectivity index (χ4n) is 7.57. The Bertz CT molecular complexity index is 2880. The molecule has 0 atom stereocenters. The van der Waals surface area contributed by atoms with Gasteiger partial charge in [-0.05, 0) is 34.4 Å². The van der Waals surface area contributed by atoms with E-state index in [1.807, 2.05) is 91.0 Å². The molecule has 7 aromatic carbocycles. The molecule has 0 unspecified atom stereocenters. The van der Waals surface area contributed by atoms with Crippen molar-refractivity contribution in [2.24, 2.45) is 0 Å². The number of hydrogen-bond donors (Lipinski definition) is 0. The highest BCUT2D eigenvalue weighted by Gasteiger charge is 2.34. The molecule has 276 valence electrons. The van der Waals surface area contributed by atoms with Crippen molar-refractivity contribution in [3.8, 4) is 79.5 Å². The second-order valence-electron chi connectivity index (χ2n) is 14.8. The van der Waals surface area contributed by atoms with E-state index in [1.165, 1.54) is 20.9 Å². The molecule has 58 heavy (non-hydrogen) atoms. The van der Waals surface area contributed by atoms with E-state index in [1.54, 1.807) is 11.8 Å². The first kappa shape index (κ1) is 35.3. The van der Waals surface area contributed by atoms with Crippen LogP contribution < -0.4 is 0 Å². The van der Waals surface area contributed by atoms with Gasteiger partial charge >= 0.3 is 0 Å². The molecule has 1 aliphatic heterocycles. The van der Waals surface area contributed by atoms with Gasteiger partial charge in [-0.3, -0.25) is 0 Å². The summed E-state index contributed by atoms with van der Waals surface area (Å²) in [6, 6.07) is 62.2. The molecule has 9 aromatic rings. The van der Waals surface area contributed by atoms with Crippen LogP contribution in [0.1, 0.15) is 25.0 Å². The lowest BCUT2D eigenvalue weighted by molar-refractivity contribution is 0.608. The van der Waals surface area contributed by atoms with Crippen LogP contribution in [-0.4, -0.2) is 29.9 Å². The normalized spacial score (nSPS) is 12.7. The summed E-state index contributed by atoms with van der Waals surface area (Å²) in [6.45, 7) is 4.60. The van der Waals surface area contributed by atoms with Gasteiger partial charge in [-0.2, -0.15) is 0 Å². The molecule has 3 heterocycles. The van der Waals surface area contributed by atoms with Crippen molar-refractivity contribution in [2.75, 3.05) is 0 Å². The highest BCUT2D eigenvalue weighted by Crippen LogP contribution is 2.51. The van der Waals surface area contributed by atoms with Crippen molar-refractivity contribution in [3.63, 3.8) is 0 Å². The maximum atomic E-state index is 5.18. The van der Waals surface area contributed by atoms with E-state index >= 15 is 0 Å². The van der Waals surface area contributed by atoms with Crippen LogP contribution in [0.5, 0.6) is 0 Å². The van der Waals surface area contributed by atoms with Gasteiger partial charge in [0.05, 0.1) is 0 Å². The predicted octanol–water partition coefficient (Wildman–Crippen LogP) is 12.5. The van der Waals surface area contributed by atoms with Crippen molar-refractivity contribution in [3.05, 3.63) is 193 Å². The Labute approximate surface area is 341 Å². The molecule has 0 aliphatic carbocycles. The Hall–Kier alpha value is -7.09. The molecule has 0 N–H and O–H groups in total. The monoisotopic (exact) mass is 764 g/mol. The van der Waals surface area contributed by atoms with Crippen molar-refractivity contribution >= 4 is 11.8 Å². The van der Waals surface area contributed by atoms with Gasteiger partial charge in [0.15, 0.2) is 34.9 Å². The fraction of sp³-hybridized carbons (Fsp3) is 0.0588. The Morgan fingerprint density at radius 1 is 0.328 bits per heavy atom. The summed E-state index contributed by atoms with van der Waals surface area (Å²) in [5, 5.41) is 0. The third-order valence-electron chi connectivity index (χ3n) is 10.7. The number of nitrogens with zero attached hydrogens (tertiary/aromatic N) is 6. The lowest BCUT2D eigenvalue weighted by Gasteiger charge is -2.35. The fourth-order valence-corrected chi connectivity index (χ4v) is 9.07. The number of benzene rings is 7. The summed E-state index contributed by atoms with van der Waals surface area (Å²) in [7, 11) is 0. The molecule has 0 amide bonds. The molecule has 0 bridgehead atoms. The standard InChI is InChI=1S/C51H36N6S/c1-51(2)41-25-12-13-27-43(41)58-44-40(24-15-26-42(44)51)50-56-47(36-20-10-5-11-21-36)53-48(57-50)37-30-28-33(29-31-37)38-22-14-23-39(32-38)49-54-45(34-16-6-3-7-17-34)52-46(55-49)35-18-8-4-9-19-35/h3-32H,1-2H3. The first-order valence-electron chi connectivity index (χ1n) is 19.3. The van der Waals surface area contributed by atoms with Gasteiger partial charge in [-0.1, -0.05) is 195 Å². The lowest BCUT2D eigenvalue weighted by atomic mass is 9.77. The van der Waals surface area contributed by atoms with E-state index in [-0.39, 0.29) is 5.41 Å². The number of aromatic nitrogens is 6. The van der Waals surface area contributed by atoms with Crippen LogP contribution in [0.2, 0.25) is 0 Å². The SMILES string of the molecule is CC1(C)c2ccccc2Sc2c(-c3nc(-c4ccccc4)nc(-c4ccc(-c5cccc(-c6nc(-c7ccccc7)nc(-c7ccccc7)n6)c5)cc4)n3)cccc21. The van der Waals surface area contributed by atoms with E-state index in [9.17, 15) is 0 Å². The van der Waals surface area contributed by atoms with Gasteiger partial charge in [0.1, 0.15) is 0 Å². The quantitative estimate of drug-likeness (QED) is 0.160. The van der Waals surface area contributed by atoms with Gasteiger partial charge in [-0.15, -0.1) is 0 Å². The highest BCUT2D eigenvalue weighted by molar-refractivity contribution is 7.99. The Kier molecular flexibility index (Phi) is 9.00. The molecule has 0 fully saturated rings. The average Bonchev–Trinajstić information content (AvgIpc) is 3.29. The molecular weight excluding hydrogens is 729 g/mol. The van der Waals surface area contributed by atoms with Gasteiger partial charge in [0.2, 0.25) is 0 Å². The topological polar surface area (TPSA) is 77.3 Å². The summed E-state index contributed by atoms with van der Waals surface area (Å²) < 4.78 is 0. The Morgan fingerprint density at radius 2 is 0.724 bits per heavy atom. The van der Waals surface area contributed by atoms with Gasteiger partial charge in [-0.25, -0.2) is 29.9 Å². The summed E-state index contributed by atoms with van der Waals surface area (Å²) in [6.07, 6.45) is 0.